The van der Waals surface area contributed by atoms with E-state index in [1.54, 1.807) is 12.1 Å². The molecule has 0 radical (unpaired) electrons. The molecule has 0 spiro atoms. The summed E-state index contributed by atoms with van der Waals surface area (Å²) in [7, 11) is -7.94. The van der Waals surface area contributed by atoms with Crippen LogP contribution in [0.2, 0.25) is 0 Å². The SMILES string of the molecule is CCCCc1cc2coccc-2c1N(S(C)(=O)=O)S(C)(=O)=O. The molecule has 6 nitrogen and oxygen atoms in total. The van der Waals surface area contributed by atoms with E-state index in [9.17, 15) is 16.8 Å². The number of anilines is 1. The van der Waals surface area contributed by atoms with Crippen LogP contribution in [0.3, 0.4) is 0 Å². The van der Waals surface area contributed by atoms with Crippen LogP contribution in [0.1, 0.15) is 25.3 Å². The molecule has 1 aliphatic carbocycles. The first-order chi connectivity index (χ1) is 10.2. The molecule has 0 N–H and O–H groups in total. The van der Waals surface area contributed by atoms with E-state index in [-0.39, 0.29) is 5.69 Å². The molecule has 0 aromatic rings. The van der Waals surface area contributed by atoms with Crippen LogP contribution in [0.25, 0.3) is 11.1 Å². The van der Waals surface area contributed by atoms with E-state index in [1.807, 2.05) is 6.92 Å². The second-order valence-corrected chi connectivity index (χ2v) is 9.16. The Morgan fingerprint density at radius 3 is 2.32 bits per heavy atom. The van der Waals surface area contributed by atoms with Gasteiger partial charge in [0.05, 0.1) is 30.7 Å². The lowest BCUT2D eigenvalue weighted by Gasteiger charge is -2.22. The summed E-state index contributed by atoms with van der Waals surface area (Å²) in [4.78, 5) is 0. The molecule has 0 aromatic carbocycles. The molecule has 22 heavy (non-hydrogen) atoms. The first-order valence-corrected chi connectivity index (χ1v) is 10.5. The summed E-state index contributed by atoms with van der Waals surface area (Å²) in [6.07, 6.45) is 7.02. The Hall–Kier alpha value is -1.54. The van der Waals surface area contributed by atoms with Crippen LogP contribution in [-0.4, -0.2) is 29.3 Å². The number of fused-ring (bicyclic) bond motifs is 1. The Kier molecular flexibility index (Phi) is 4.53. The van der Waals surface area contributed by atoms with Crippen molar-refractivity contribution in [3.8, 4) is 11.1 Å². The molecule has 1 aliphatic heterocycles. The molecule has 2 aliphatic rings. The lowest BCUT2D eigenvalue weighted by atomic mass is 10.1. The first kappa shape index (κ1) is 16.8. The summed E-state index contributed by atoms with van der Waals surface area (Å²) >= 11 is 0. The van der Waals surface area contributed by atoms with E-state index in [1.165, 1.54) is 12.5 Å². The highest BCUT2D eigenvalue weighted by Crippen LogP contribution is 2.41. The largest absolute Gasteiger partial charge is 0.472 e. The standard InChI is InChI=1S/C14H19NO5S2/c1-4-5-6-11-9-12-10-20-8-7-13(12)14(11)15(21(2,16)17)22(3,18)19/h7-10H,4-6H2,1-3H3. The van der Waals surface area contributed by atoms with Crippen molar-refractivity contribution in [2.45, 2.75) is 26.2 Å². The lowest BCUT2D eigenvalue weighted by Crippen LogP contribution is -2.35. The van der Waals surface area contributed by atoms with Crippen molar-refractivity contribution in [1.82, 2.24) is 0 Å². The number of hydrogen-bond donors (Lipinski definition) is 0. The predicted octanol–water partition coefficient (Wildman–Crippen LogP) is 2.45. The van der Waals surface area contributed by atoms with E-state index in [0.29, 0.717) is 26.8 Å². The number of sulfonamides is 2. The maximum atomic E-state index is 12.1. The van der Waals surface area contributed by atoms with Gasteiger partial charge in [0, 0.05) is 11.1 Å². The third-order valence-corrected chi connectivity index (χ3v) is 6.49. The van der Waals surface area contributed by atoms with Gasteiger partial charge in [0.25, 0.3) is 0 Å². The molecule has 0 amide bonds. The third-order valence-electron chi connectivity index (χ3n) is 3.29. The molecular formula is C14H19NO5S2. The van der Waals surface area contributed by atoms with Gasteiger partial charge in [0.15, 0.2) is 0 Å². The summed E-state index contributed by atoms with van der Waals surface area (Å²) in [5.41, 5.74) is 2.13. The average Bonchev–Trinajstić information content (AvgIpc) is 2.72. The number of aryl methyl sites for hydroxylation is 1. The van der Waals surface area contributed by atoms with Crippen LogP contribution >= 0.6 is 0 Å². The summed E-state index contributed by atoms with van der Waals surface area (Å²) in [6.45, 7) is 2.02. The molecule has 2 rings (SSSR count). The normalized spacial score (nSPS) is 12.7. The maximum absolute atomic E-state index is 12.1. The minimum Gasteiger partial charge on any atom is -0.472 e. The van der Waals surface area contributed by atoms with Crippen molar-refractivity contribution in [1.29, 1.82) is 0 Å². The lowest BCUT2D eigenvalue weighted by molar-refractivity contribution is 0.552. The minimum absolute atomic E-state index is 0.212. The maximum Gasteiger partial charge on any atom is 0.245 e. The van der Waals surface area contributed by atoms with Gasteiger partial charge in [-0.05, 0) is 30.5 Å². The van der Waals surface area contributed by atoms with Gasteiger partial charge in [-0.2, -0.15) is 3.71 Å². The van der Waals surface area contributed by atoms with Crippen LogP contribution < -0.4 is 3.71 Å². The Bertz CT molecular complexity index is 804. The summed E-state index contributed by atoms with van der Waals surface area (Å²) in [5.74, 6) is 0. The fraction of sp³-hybridized carbons (Fsp3) is 0.429. The van der Waals surface area contributed by atoms with Gasteiger partial charge in [-0.25, -0.2) is 16.8 Å². The molecule has 0 bridgehead atoms. The van der Waals surface area contributed by atoms with Crippen molar-refractivity contribution in [3.63, 3.8) is 0 Å². The van der Waals surface area contributed by atoms with Crippen LogP contribution in [-0.2, 0) is 26.5 Å². The molecule has 0 atom stereocenters. The van der Waals surface area contributed by atoms with Gasteiger partial charge in [0.1, 0.15) is 0 Å². The van der Waals surface area contributed by atoms with Crippen molar-refractivity contribution >= 4 is 25.7 Å². The fourth-order valence-electron chi connectivity index (χ4n) is 2.49. The van der Waals surface area contributed by atoms with Crippen LogP contribution in [0.5, 0.6) is 0 Å². The molecule has 8 heteroatoms. The van der Waals surface area contributed by atoms with Gasteiger partial charge in [-0.3, -0.25) is 0 Å². The van der Waals surface area contributed by atoms with E-state index < -0.39 is 20.0 Å². The monoisotopic (exact) mass is 345 g/mol. The number of hydrogen-bond acceptors (Lipinski definition) is 5. The van der Waals surface area contributed by atoms with E-state index in [4.69, 9.17) is 4.42 Å². The Morgan fingerprint density at radius 2 is 1.77 bits per heavy atom. The zero-order valence-corrected chi connectivity index (χ0v) is 14.4. The summed E-state index contributed by atoms with van der Waals surface area (Å²) in [6, 6.07) is 3.37. The second-order valence-electron chi connectivity index (χ2n) is 5.27. The summed E-state index contributed by atoms with van der Waals surface area (Å²) < 4.78 is 53.9. The minimum atomic E-state index is -3.97. The van der Waals surface area contributed by atoms with Gasteiger partial charge in [0.2, 0.25) is 20.0 Å². The van der Waals surface area contributed by atoms with Crippen molar-refractivity contribution in [3.05, 3.63) is 30.2 Å². The van der Waals surface area contributed by atoms with Gasteiger partial charge >= 0.3 is 0 Å². The third kappa shape index (κ3) is 3.27. The first-order valence-electron chi connectivity index (χ1n) is 6.84. The number of rotatable bonds is 6. The van der Waals surface area contributed by atoms with Crippen LogP contribution in [0, 0.1) is 0 Å². The molecule has 1 heterocycles. The van der Waals surface area contributed by atoms with E-state index >= 15 is 0 Å². The topological polar surface area (TPSA) is 84.7 Å². The van der Waals surface area contributed by atoms with Gasteiger partial charge < -0.3 is 4.42 Å². The summed E-state index contributed by atoms with van der Waals surface area (Å²) in [5, 5.41) is 0. The second kappa shape index (κ2) is 5.92. The Labute approximate surface area is 131 Å². The highest BCUT2D eigenvalue weighted by molar-refractivity contribution is 8.09. The Morgan fingerprint density at radius 1 is 1.14 bits per heavy atom. The average molecular weight is 345 g/mol. The fourth-order valence-corrected chi connectivity index (χ4v) is 5.55. The van der Waals surface area contributed by atoms with Crippen molar-refractivity contribution in [2.75, 3.05) is 16.2 Å². The van der Waals surface area contributed by atoms with E-state index in [2.05, 4.69) is 0 Å². The van der Waals surface area contributed by atoms with Crippen LogP contribution in [0.15, 0.2) is 29.1 Å². The van der Waals surface area contributed by atoms with Crippen molar-refractivity contribution < 1.29 is 21.3 Å². The molecular weight excluding hydrogens is 326 g/mol. The molecule has 0 aromatic heterocycles. The molecule has 0 saturated heterocycles. The highest BCUT2D eigenvalue weighted by atomic mass is 32.3. The molecule has 122 valence electrons. The van der Waals surface area contributed by atoms with E-state index in [0.717, 1.165) is 25.4 Å². The van der Waals surface area contributed by atoms with Crippen molar-refractivity contribution in [2.24, 2.45) is 0 Å². The number of unbranched alkanes of at least 4 members (excludes halogenated alkanes) is 1. The van der Waals surface area contributed by atoms with Gasteiger partial charge in [-0.15, -0.1) is 0 Å². The molecule has 0 fully saturated rings. The molecule has 0 saturated carbocycles. The van der Waals surface area contributed by atoms with Crippen LogP contribution in [0.4, 0.5) is 5.69 Å². The van der Waals surface area contributed by atoms with Gasteiger partial charge in [-0.1, -0.05) is 13.3 Å². The highest BCUT2D eigenvalue weighted by Gasteiger charge is 2.33. The quantitative estimate of drug-likeness (QED) is 0.803. The predicted molar refractivity (Wildman–Crippen MR) is 86.1 cm³/mol. The smallest absolute Gasteiger partial charge is 0.245 e. The number of nitrogens with zero attached hydrogens (tertiary/aromatic N) is 1. The Balaban J connectivity index is 2.76. The molecule has 0 unspecified atom stereocenters. The zero-order valence-electron chi connectivity index (χ0n) is 12.7. The zero-order chi connectivity index (χ0) is 16.5.